The van der Waals surface area contributed by atoms with Crippen molar-refractivity contribution in [3.05, 3.63) is 34.3 Å². The van der Waals surface area contributed by atoms with E-state index in [9.17, 15) is 4.79 Å². The van der Waals surface area contributed by atoms with Crippen molar-refractivity contribution in [2.24, 2.45) is 0 Å². The zero-order chi connectivity index (χ0) is 14.5. The van der Waals surface area contributed by atoms with Gasteiger partial charge in [0.25, 0.3) is 0 Å². The first-order valence-corrected chi connectivity index (χ1v) is 6.59. The second-order valence-corrected chi connectivity index (χ2v) is 4.81. The molecule has 0 aliphatic heterocycles. The Morgan fingerprint density at radius 2 is 2.00 bits per heavy atom. The highest BCUT2D eigenvalue weighted by molar-refractivity contribution is 7.09. The number of methoxy groups -OCH3 is 2. The Morgan fingerprint density at radius 3 is 2.60 bits per heavy atom. The molecule has 2 rings (SSSR count). The lowest BCUT2D eigenvalue weighted by atomic mass is 10.1. The third kappa shape index (κ3) is 3.00. The Bertz CT molecular complexity index is 599. The van der Waals surface area contributed by atoms with Gasteiger partial charge < -0.3 is 19.9 Å². The number of aromatic nitrogens is 1. The number of nitrogen functional groups attached to an aromatic ring is 1. The highest BCUT2D eigenvalue weighted by Gasteiger charge is 2.16. The van der Waals surface area contributed by atoms with E-state index in [0.717, 1.165) is 4.88 Å². The number of thiazole rings is 1. The van der Waals surface area contributed by atoms with Gasteiger partial charge in [-0.2, -0.15) is 0 Å². The molecule has 0 saturated heterocycles. The third-order valence-electron chi connectivity index (χ3n) is 2.60. The van der Waals surface area contributed by atoms with Crippen LogP contribution in [0.5, 0.6) is 11.5 Å². The lowest BCUT2D eigenvalue weighted by Crippen LogP contribution is -2.09. The van der Waals surface area contributed by atoms with Crippen LogP contribution in [0, 0.1) is 0 Å². The van der Waals surface area contributed by atoms with Crippen molar-refractivity contribution in [2.45, 2.75) is 6.61 Å². The zero-order valence-corrected chi connectivity index (χ0v) is 11.9. The van der Waals surface area contributed by atoms with Gasteiger partial charge in [0.15, 0.2) is 11.5 Å². The number of carbonyl (C=O) groups excluding carboxylic acids is 1. The normalized spacial score (nSPS) is 10.1. The first kappa shape index (κ1) is 14.1. The Hall–Kier alpha value is -2.28. The minimum atomic E-state index is -0.517. The molecule has 0 unspecified atom stereocenters. The van der Waals surface area contributed by atoms with Gasteiger partial charge in [-0.05, 0) is 0 Å². The van der Waals surface area contributed by atoms with Crippen LogP contribution in [0.1, 0.15) is 15.2 Å². The van der Waals surface area contributed by atoms with Gasteiger partial charge >= 0.3 is 5.97 Å². The molecule has 0 radical (unpaired) electrons. The maximum absolute atomic E-state index is 12.0. The van der Waals surface area contributed by atoms with Crippen LogP contribution in [0.15, 0.2) is 23.8 Å². The number of hydrogen-bond acceptors (Lipinski definition) is 7. The molecule has 0 spiro atoms. The summed E-state index contributed by atoms with van der Waals surface area (Å²) < 4.78 is 15.4. The number of rotatable bonds is 5. The van der Waals surface area contributed by atoms with Crippen molar-refractivity contribution in [3.8, 4) is 11.5 Å². The fourth-order valence-corrected chi connectivity index (χ4v) is 2.11. The van der Waals surface area contributed by atoms with E-state index in [-0.39, 0.29) is 17.9 Å². The number of benzene rings is 1. The van der Waals surface area contributed by atoms with Crippen molar-refractivity contribution in [3.63, 3.8) is 0 Å². The lowest BCUT2D eigenvalue weighted by molar-refractivity contribution is 0.0477. The predicted molar refractivity (Wildman–Crippen MR) is 75.2 cm³/mol. The smallest absolute Gasteiger partial charge is 0.340 e. The van der Waals surface area contributed by atoms with Crippen molar-refractivity contribution < 1.29 is 19.0 Å². The molecule has 0 aliphatic rings. The average molecular weight is 294 g/mol. The van der Waals surface area contributed by atoms with E-state index in [1.165, 1.54) is 37.7 Å². The van der Waals surface area contributed by atoms with E-state index in [1.54, 1.807) is 11.7 Å². The largest absolute Gasteiger partial charge is 0.493 e. The van der Waals surface area contributed by atoms with Crippen molar-refractivity contribution >= 4 is 23.0 Å². The lowest BCUT2D eigenvalue weighted by Gasteiger charge is -2.11. The van der Waals surface area contributed by atoms with Gasteiger partial charge in [-0.1, -0.05) is 0 Å². The topological polar surface area (TPSA) is 83.7 Å². The number of ether oxygens (including phenoxy) is 3. The quantitative estimate of drug-likeness (QED) is 0.671. The van der Waals surface area contributed by atoms with Crippen LogP contribution in [0.2, 0.25) is 0 Å². The summed E-state index contributed by atoms with van der Waals surface area (Å²) in [6, 6.07) is 3.03. The molecular weight excluding hydrogens is 280 g/mol. The molecule has 106 valence electrons. The van der Waals surface area contributed by atoms with Gasteiger partial charge in [-0.3, -0.25) is 4.98 Å². The van der Waals surface area contributed by atoms with E-state index < -0.39 is 5.97 Å². The van der Waals surface area contributed by atoms with Gasteiger partial charge in [0, 0.05) is 18.3 Å². The van der Waals surface area contributed by atoms with Crippen LogP contribution in [0.25, 0.3) is 0 Å². The van der Waals surface area contributed by atoms with Crippen molar-refractivity contribution in [1.82, 2.24) is 4.98 Å². The second kappa shape index (κ2) is 6.25. The van der Waals surface area contributed by atoms with Crippen LogP contribution in [-0.4, -0.2) is 25.2 Å². The Labute approximate surface area is 120 Å². The minimum absolute atomic E-state index is 0.164. The molecular formula is C13H14N2O4S. The first-order chi connectivity index (χ1) is 9.65. The summed E-state index contributed by atoms with van der Waals surface area (Å²) in [4.78, 5) is 16.8. The van der Waals surface area contributed by atoms with Crippen LogP contribution in [-0.2, 0) is 11.3 Å². The average Bonchev–Trinajstić information content (AvgIpc) is 2.97. The second-order valence-electron chi connectivity index (χ2n) is 3.84. The summed E-state index contributed by atoms with van der Waals surface area (Å²) in [7, 11) is 2.99. The van der Waals surface area contributed by atoms with Gasteiger partial charge in [0.1, 0.15) is 6.61 Å². The van der Waals surface area contributed by atoms with Gasteiger partial charge in [0.05, 0.1) is 35.9 Å². The molecule has 0 aliphatic carbocycles. The van der Waals surface area contributed by atoms with Gasteiger partial charge in [-0.15, -0.1) is 11.3 Å². The number of nitrogens with zero attached hydrogens (tertiary/aromatic N) is 1. The Kier molecular flexibility index (Phi) is 4.41. The van der Waals surface area contributed by atoms with E-state index in [1.807, 2.05) is 0 Å². The molecule has 0 atom stereocenters. The SMILES string of the molecule is COc1cc(N)c(C(=O)OCc2cncs2)cc1OC. The van der Waals surface area contributed by atoms with Gasteiger partial charge in [0.2, 0.25) is 0 Å². The number of hydrogen-bond donors (Lipinski definition) is 1. The zero-order valence-electron chi connectivity index (χ0n) is 11.1. The summed E-state index contributed by atoms with van der Waals surface area (Å²) in [5.41, 5.74) is 8.02. The maximum atomic E-state index is 12.0. The monoisotopic (exact) mass is 294 g/mol. The molecule has 0 saturated carbocycles. The summed E-state index contributed by atoms with van der Waals surface area (Å²) >= 11 is 1.41. The van der Waals surface area contributed by atoms with Crippen LogP contribution < -0.4 is 15.2 Å². The molecule has 2 aromatic rings. The molecule has 1 aromatic carbocycles. The first-order valence-electron chi connectivity index (χ1n) is 5.71. The van der Waals surface area contributed by atoms with Crippen LogP contribution >= 0.6 is 11.3 Å². The van der Waals surface area contributed by atoms with Gasteiger partial charge in [-0.25, -0.2) is 4.79 Å². The summed E-state index contributed by atoms with van der Waals surface area (Å²) in [5.74, 6) is 0.368. The van der Waals surface area contributed by atoms with Crippen LogP contribution in [0.4, 0.5) is 5.69 Å². The Morgan fingerprint density at radius 1 is 1.30 bits per heavy atom. The maximum Gasteiger partial charge on any atom is 0.340 e. The summed E-state index contributed by atoms with van der Waals surface area (Å²) in [6.07, 6.45) is 1.65. The van der Waals surface area contributed by atoms with Crippen LogP contribution in [0.3, 0.4) is 0 Å². The Balaban J connectivity index is 2.16. The molecule has 7 heteroatoms. The number of esters is 1. The molecule has 6 nitrogen and oxygen atoms in total. The number of anilines is 1. The summed E-state index contributed by atoms with van der Waals surface area (Å²) in [5, 5.41) is 0. The third-order valence-corrected chi connectivity index (χ3v) is 3.36. The minimum Gasteiger partial charge on any atom is -0.493 e. The fraction of sp³-hybridized carbons (Fsp3) is 0.231. The highest BCUT2D eigenvalue weighted by atomic mass is 32.1. The molecule has 1 aromatic heterocycles. The van der Waals surface area contributed by atoms with E-state index in [4.69, 9.17) is 19.9 Å². The van der Waals surface area contributed by atoms with E-state index >= 15 is 0 Å². The molecule has 0 fully saturated rings. The molecule has 0 bridgehead atoms. The molecule has 20 heavy (non-hydrogen) atoms. The fourth-order valence-electron chi connectivity index (χ4n) is 1.60. The number of carbonyl (C=O) groups is 1. The molecule has 2 N–H and O–H groups in total. The predicted octanol–water partition coefficient (Wildman–Crippen LogP) is 2.10. The highest BCUT2D eigenvalue weighted by Crippen LogP contribution is 2.32. The number of nitrogens with two attached hydrogens (primary N) is 1. The molecule has 0 amide bonds. The summed E-state index contributed by atoms with van der Waals surface area (Å²) in [6.45, 7) is 0.164. The van der Waals surface area contributed by atoms with Crippen molar-refractivity contribution in [2.75, 3.05) is 20.0 Å². The van der Waals surface area contributed by atoms with E-state index in [0.29, 0.717) is 11.5 Å². The standard InChI is InChI=1S/C13H14N2O4S/c1-17-11-3-9(10(14)4-12(11)18-2)13(16)19-6-8-5-15-7-20-8/h3-5,7H,6,14H2,1-2H3. The van der Waals surface area contributed by atoms with Crippen molar-refractivity contribution in [1.29, 1.82) is 0 Å². The molecule has 1 heterocycles. The van der Waals surface area contributed by atoms with E-state index in [2.05, 4.69) is 4.98 Å².